The van der Waals surface area contributed by atoms with Gasteiger partial charge in [-0.3, -0.25) is 4.79 Å². The highest BCUT2D eigenvalue weighted by atomic mass is 19.2. The Labute approximate surface area is 133 Å². The van der Waals surface area contributed by atoms with Crippen molar-refractivity contribution in [3.05, 3.63) is 53.6 Å². The lowest BCUT2D eigenvalue weighted by atomic mass is 10.1. The highest BCUT2D eigenvalue weighted by Crippen LogP contribution is 2.28. The topological polar surface area (TPSA) is 47.6 Å². The van der Waals surface area contributed by atoms with Crippen molar-refractivity contribution in [2.24, 2.45) is 0 Å². The molecule has 1 N–H and O–H groups in total. The summed E-state index contributed by atoms with van der Waals surface area (Å²) < 4.78 is 36.3. The third-order valence-electron chi connectivity index (χ3n) is 3.29. The molecule has 2 rings (SSSR count). The molecule has 0 aliphatic rings. The smallest absolute Gasteiger partial charge is 0.224 e. The molecule has 0 aliphatic heterocycles. The van der Waals surface area contributed by atoms with E-state index in [1.165, 1.54) is 13.2 Å². The second-order valence-electron chi connectivity index (χ2n) is 4.87. The van der Waals surface area contributed by atoms with Crippen LogP contribution in [0.4, 0.5) is 14.5 Å². The molecule has 0 radical (unpaired) electrons. The molecule has 0 saturated carbocycles. The summed E-state index contributed by atoms with van der Waals surface area (Å²) >= 11 is 0. The van der Waals surface area contributed by atoms with Crippen molar-refractivity contribution < 1.29 is 23.0 Å². The first-order chi connectivity index (χ1) is 11.0. The summed E-state index contributed by atoms with van der Waals surface area (Å²) in [5.74, 6) is -1.03. The van der Waals surface area contributed by atoms with Gasteiger partial charge in [-0.2, -0.15) is 0 Å². The van der Waals surface area contributed by atoms with Gasteiger partial charge in [-0.15, -0.1) is 0 Å². The van der Waals surface area contributed by atoms with E-state index in [4.69, 9.17) is 9.47 Å². The molecule has 23 heavy (non-hydrogen) atoms. The molecule has 0 spiro atoms. The van der Waals surface area contributed by atoms with Crippen LogP contribution in [-0.2, 0) is 11.2 Å². The summed E-state index contributed by atoms with van der Waals surface area (Å²) in [6.45, 7) is 0. The van der Waals surface area contributed by atoms with E-state index in [2.05, 4.69) is 5.32 Å². The van der Waals surface area contributed by atoms with Crippen molar-refractivity contribution in [3.63, 3.8) is 0 Å². The molecule has 0 fully saturated rings. The second kappa shape index (κ2) is 7.58. The largest absolute Gasteiger partial charge is 0.493 e. The number of carbonyl (C=O) groups excluding carboxylic acids is 1. The SMILES string of the molecule is COc1ccc(CCC(=O)Nc2ccc(F)c(F)c2)cc1OC. The van der Waals surface area contributed by atoms with Gasteiger partial charge in [0.15, 0.2) is 23.1 Å². The van der Waals surface area contributed by atoms with E-state index in [-0.39, 0.29) is 18.0 Å². The number of halogens is 2. The molecule has 6 heteroatoms. The molecule has 0 bridgehead atoms. The zero-order chi connectivity index (χ0) is 16.8. The first kappa shape index (κ1) is 16.7. The maximum absolute atomic E-state index is 13.1. The molecular formula is C17H17F2NO3. The zero-order valence-electron chi connectivity index (χ0n) is 12.9. The van der Waals surface area contributed by atoms with Crippen molar-refractivity contribution in [1.82, 2.24) is 0 Å². The summed E-state index contributed by atoms with van der Waals surface area (Å²) in [7, 11) is 3.09. The van der Waals surface area contributed by atoms with Crippen LogP contribution in [0.25, 0.3) is 0 Å². The molecule has 0 unspecified atom stereocenters. The second-order valence-corrected chi connectivity index (χ2v) is 4.87. The van der Waals surface area contributed by atoms with Gasteiger partial charge in [-0.1, -0.05) is 6.07 Å². The summed E-state index contributed by atoms with van der Waals surface area (Å²) in [5.41, 5.74) is 1.13. The Hall–Kier alpha value is -2.63. The minimum absolute atomic E-state index is 0.203. The Morgan fingerprint density at radius 3 is 2.39 bits per heavy atom. The van der Waals surface area contributed by atoms with Crippen molar-refractivity contribution in [2.75, 3.05) is 19.5 Å². The Bertz CT molecular complexity index is 704. The third-order valence-corrected chi connectivity index (χ3v) is 3.29. The quantitative estimate of drug-likeness (QED) is 0.885. The van der Waals surface area contributed by atoms with Gasteiger partial charge in [-0.05, 0) is 36.2 Å². The molecule has 1 amide bonds. The first-order valence-electron chi connectivity index (χ1n) is 6.99. The number of benzene rings is 2. The van der Waals surface area contributed by atoms with E-state index in [1.807, 2.05) is 6.07 Å². The molecule has 0 heterocycles. The number of amides is 1. The van der Waals surface area contributed by atoms with Crippen LogP contribution in [0.15, 0.2) is 36.4 Å². The van der Waals surface area contributed by atoms with Gasteiger partial charge in [0.1, 0.15) is 0 Å². The predicted molar refractivity (Wildman–Crippen MR) is 82.9 cm³/mol. The molecule has 4 nitrogen and oxygen atoms in total. The first-order valence-corrected chi connectivity index (χ1v) is 6.99. The van der Waals surface area contributed by atoms with Crippen molar-refractivity contribution in [3.8, 4) is 11.5 Å². The van der Waals surface area contributed by atoms with Crippen LogP contribution in [-0.4, -0.2) is 20.1 Å². The lowest BCUT2D eigenvalue weighted by molar-refractivity contribution is -0.116. The molecule has 0 atom stereocenters. The Morgan fingerprint density at radius 2 is 1.74 bits per heavy atom. The number of anilines is 1. The third kappa shape index (κ3) is 4.42. The average molecular weight is 321 g/mol. The highest BCUT2D eigenvalue weighted by molar-refractivity contribution is 5.90. The van der Waals surface area contributed by atoms with E-state index < -0.39 is 11.6 Å². The maximum atomic E-state index is 13.1. The number of carbonyl (C=O) groups is 1. The van der Waals surface area contributed by atoms with Crippen LogP contribution in [0.5, 0.6) is 11.5 Å². The molecule has 2 aromatic rings. The van der Waals surface area contributed by atoms with Gasteiger partial charge < -0.3 is 14.8 Å². The normalized spacial score (nSPS) is 10.3. The average Bonchev–Trinajstić information content (AvgIpc) is 2.56. The molecule has 0 aliphatic carbocycles. The van der Waals surface area contributed by atoms with Gasteiger partial charge in [-0.25, -0.2) is 8.78 Å². The lowest BCUT2D eigenvalue weighted by Crippen LogP contribution is -2.12. The van der Waals surface area contributed by atoms with E-state index in [0.29, 0.717) is 17.9 Å². The maximum Gasteiger partial charge on any atom is 0.224 e. The summed E-state index contributed by atoms with van der Waals surface area (Å²) in [4.78, 5) is 11.9. The number of aryl methyl sites for hydroxylation is 1. The number of methoxy groups -OCH3 is 2. The number of hydrogen-bond acceptors (Lipinski definition) is 3. The van der Waals surface area contributed by atoms with Crippen LogP contribution in [0.3, 0.4) is 0 Å². The van der Waals surface area contributed by atoms with E-state index in [9.17, 15) is 13.6 Å². The fourth-order valence-electron chi connectivity index (χ4n) is 2.09. The minimum atomic E-state index is -0.998. The molecule has 0 saturated heterocycles. The van der Waals surface area contributed by atoms with E-state index >= 15 is 0 Å². The minimum Gasteiger partial charge on any atom is -0.493 e. The van der Waals surface area contributed by atoms with Crippen LogP contribution < -0.4 is 14.8 Å². The highest BCUT2D eigenvalue weighted by Gasteiger charge is 2.09. The van der Waals surface area contributed by atoms with E-state index in [0.717, 1.165) is 17.7 Å². The fourth-order valence-corrected chi connectivity index (χ4v) is 2.09. The van der Waals surface area contributed by atoms with Crippen LogP contribution in [0, 0.1) is 11.6 Å². The summed E-state index contributed by atoms with van der Waals surface area (Å²) in [6, 6.07) is 8.63. The summed E-state index contributed by atoms with van der Waals surface area (Å²) in [5, 5.41) is 2.53. The van der Waals surface area contributed by atoms with Gasteiger partial charge in [0.25, 0.3) is 0 Å². The molecule has 2 aromatic carbocycles. The van der Waals surface area contributed by atoms with Crippen molar-refractivity contribution in [1.29, 1.82) is 0 Å². The Morgan fingerprint density at radius 1 is 1.00 bits per heavy atom. The van der Waals surface area contributed by atoms with Crippen LogP contribution >= 0.6 is 0 Å². The van der Waals surface area contributed by atoms with Crippen LogP contribution in [0.1, 0.15) is 12.0 Å². The Kier molecular flexibility index (Phi) is 5.51. The van der Waals surface area contributed by atoms with Crippen molar-refractivity contribution >= 4 is 11.6 Å². The number of hydrogen-bond donors (Lipinski definition) is 1. The van der Waals surface area contributed by atoms with Gasteiger partial charge in [0, 0.05) is 18.2 Å². The predicted octanol–water partition coefficient (Wildman–Crippen LogP) is 3.55. The Balaban J connectivity index is 1.95. The van der Waals surface area contributed by atoms with Gasteiger partial charge >= 0.3 is 0 Å². The number of rotatable bonds is 6. The zero-order valence-corrected chi connectivity index (χ0v) is 12.9. The van der Waals surface area contributed by atoms with Gasteiger partial charge in [0.2, 0.25) is 5.91 Å². The number of ether oxygens (including phenoxy) is 2. The lowest BCUT2D eigenvalue weighted by Gasteiger charge is -2.10. The summed E-state index contributed by atoms with van der Waals surface area (Å²) in [6.07, 6.45) is 0.685. The number of nitrogens with one attached hydrogen (secondary N) is 1. The molecule has 122 valence electrons. The van der Waals surface area contributed by atoms with Gasteiger partial charge in [0.05, 0.1) is 14.2 Å². The molecular weight excluding hydrogens is 304 g/mol. The van der Waals surface area contributed by atoms with Crippen molar-refractivity contribution in [2.45, 2.75) is 12.8 Å². The molecule has 0 aromatic heterocycles. The van der Waals surface area contributed by atoms with E-state index in [1.54, 1.807) is 19.2 Å². The standard InChI is InChI=1S/C17H17F2NO3/c1-22-15-7-3-11(9-16(15)23-2)4-8-17(21)20-12-5-6-13(18)14(19)10-12/h3,5-7,9-10H,4,8H2,1-2H3,(H,20,21). The fraction of sp³-hybridized carbons (Fsp3) is 0.235. The van der Waals surface area contributed by atoms with Crippen LogP contribution in [0.2, 0.25) is 0 Å². The monoisotopic (exact) mass is 321 g/mol.